The molecule has 20 heavy (non-hydrogen) atoms. The molecule has 0 radical (unpaired) electrons. The molecule has 0 spiro atoms. The zero-order valence-corrected chi connectivity index (χ0v) is 13.8. The molecule has 0 aromatic heterocycles. The summed E-state index contributed by atoms with van der Waals surface area (Å²) in [6.07, 6.45) is 8.28. The first-order valence-corrected chi connectivity index (χ1v) is 8.31. The second kappa shape index (κ2) is 6.76. The van der Waals surface area contributed by atoms with Crippen molar-refractivity contribution >= 4 is 0 Å². The zero-order valence-electron chi connectivity index (χ0n) is 13.8. The van der Waals surface area contributed by atoms with Gasteiger partial charge >= 0.3 is 0 Å². The summed E-state index contributed by atoms with van der Waals surface area (Å²) in [6.45, 7) is 10.2. The van der Waals surface area contributed by atoms with Crippen LogP contribution in [0.25, 0.3) is 0 Å². The molecule has 1 aromatic carbocycles. The van der Waals surface area contributed by atoms with Crippen LogP contribution in [-0.4, -0.2) is 12.6 Å². The van der Waals surface area contributed by atoms with E-state index in [9.17, 15) is 0 Å². The Morgan fingerprint density at radius 3 is 2.20 bits per heavy atom. The summed E-state index contributed by atoms with van der Waals surface area (Å²) in [4.78, 5) is 0. The van der Waals surface area contributed by atoms with Gasteiger partial charge in [0.15, 0.2) is 0 Å². The average molecular weight is 273 g/mol. The molecule has 112 valence electrons. The lowest BCUT2D eigenvalue weighted by atomic mass is 9.69. The largest absolute Gasteiger partial charge is 0.314 e. The first-order valence-electron chi connectivity index (χ1n) is 8.31. The average Bonchev–Trinajstić information content (AvgIpc) is 2.42. The Morgan fingerprint density at radius 1 is 1.05 bits per heavy atom. The van der Waals surface area contributed by atoms with Crippen LogP contribution in [0.4, 0.5) is 0 Å². The van der Waals surface area contributed by atoms with E-state index in [0.29, 0.717) is 11.5 Å². The predicted molar refractivity (Wildman–Crippen MR) is 88.3 cm³/mol. The minimum atomic E-state index is 0.486. The van der Waals surface area contributed by atoms with E-state index in [1.807, 2.05) is 0 Å². The van der Waals surface area contributed by atoms with E-state index in [2.05, 4.69) is 51.2 Å². The van der Waals surface area contributed by atoms with Crippen LogP contribution in [0.3, 0.4) is 0 Å². The van der Waals surface area contributed by atoms with E-state index in [-0.39, 0.29) is 0 Å². The number of hydrogen-bond acceptors (Lipinski definition) is 1. The number of nitrogens with one attached hydrogen (secondary N) is 1. The van der Waals surface area contributed by atoms with Crippen LogP contribution < -0.4 is 5.32 Å². The van der Waals surface area contributed by atoms with Crippen molar-refractivity contribution in [1.29, 1.82) is 0 Å². The van der Waals surface area contributed by atoms with Crippen molar-refractivity contribution < 1.29 is 0 Å². The molecule has 1 saturated carbocycles. The van der Waals surface area contributed by atoms with E-state index < -0.39 is 0 Å². The monoisotopic (exact) mass is 273 g/mol. The van der Waals surface area contributed by atoms with Gasteiger partial charge in [0.2, 0.25) is 0 Å². The summed E-state index contributed by atoms with van der Waals surface area (Å²) >= 11 is 0. The third kappa shape index (κ3) is 3.85. The van der Waals surface area contributed by atoms with Gasteiger partial charge in [-0.3, -0.25) is 0 Å². The molecule has 0 unspecified atom stereocenters. The Labute approximate surface area is 125 Å². The summed E-state index contributed by atoms with van der Waals surface area (Å²) in [5, 5.41) is 3.72. The van der Waals surface area contributed by atoms with Crippen molar-refractivity contribution in [2.24, 2.45) is 5.41 Å². The number of rotatable bonds is 5. The third-order valence-electron chi connectivity index (χ3n) is 5.00. The van der Waals surface area contributed by atoms with Crippen molar-refractivity contribution in [2.75, 3.05) is 6.54 Å². The van der Waals surface area contributed by atoms with Gasteiger partial charge in [0.25, 0.3) is 0 Å². The predicted octanol–water partition coefficient (Wildman–Crippen LogP) is 4.79. The van der Waals surface area contributed by atoms with Crippen LogP contribution in [-0.2, 0) is 6.42 Å². The number of benzene rings is 1. The van der Waals surface area contributed by atoms with Gasteiger partial charge in [-0.2, -0.15) is 0 Å². The highest BCUT2D eigenvalue weighted by molar-refractivity contribution is 5.34. The molecular weight excluding hydrogens is 242 g/mol. The van der Waals surface area contributed by atoms with Gasteiger partial charge in [-0.15, -0.1) is 0 Å². The number of aryl methyl sites for hydroxylation is 2. The molecule has 1 fully saturated rings. The highest BCUT2D eigenvalue weighted by Gasteiger charge is 2.32. The lowest BCUT2D eigenvalue weighted by Gasteiger charge is -2.39. The molecule has 1 nitrogen and oxygen atoms in total. The van der Waals surface area contributed by atoms with Crippen LogP contribution in [0.5, 0.6) is 0 Å². The van der Waals surface area contributed by atoms with E-state index in [4.69, 9.17) is 0 Å². The summed E-state index contributed by atoms with van der Waals surface area (Å²) in [5.41, 5.74) is 5.03. The Bertz CT molecular complexity index is 407. The van der Waals surface area contributed by atoms with E-state index in [0.717, 1.165) is 0 Å². The van der Waals surface area contributed by atoms with Crippen LogP contribution in [0.15, 0.2) is 18.2 Å². The topological polar surface area (TPSA) is 12.0 Å². The van der Waals surface area contributed by atoms with Crippen molar-refractivity contribution in [3.63, 3.8) is 0 Å². The second-order valence-corrected chi connectivity index (χ2v) is 7.14. The molecule has 1 aromatic rings. The Morgan fingerprint density at radius 2 is 1.65 bits per heavy atom. The Kier molecular flexibility index (Phi) is 5.26. The van der Waals surface area contributed by atoms with Gasteiger partial charge in [-0.05, 0) is 55.2 Å². The fourth-order valence-corrected chi connectivity index (χ4v) is 3.64. The molecule has 1 aliphatic rings. The van der Waals surface area contributed by atoms with Crippen LogP contribution in [0.2, 0.25) is 0 Å². The van der Waals surface area contributed by atoms with E-state index in [1.165, 1.54) is 56.2 Å². The van der Waals surface area contributed by atoms with Gasteiger partial charge in [-0.1, -0.05) is 51.3 Å². The lowest BCUT2D eigenvalue weighted by molar-refractivity contribution is 0.176. The molecule has 1 heteroatoms. The second-order valence-electron chi connectivity index (χ2n) is 7.14. The molecule has 0 atom stereocenters. The Balaban J connectivity index is 2.18. The summed E-state index contributed by atoms with van der Waals surface area (Å²) in [7, 11) is 0. The maximum absolute atomic E-state index is 3.72. The van der Waals surface area contributed by atoms with Gasteiger partial charge < -0.3 is 5.32 Å². The fourth-order valence-electron chi connectivity index (χ4n) is 3.64. The maximum atomic E-state index is 3.72. The minimum Gasteiger partial charge on any atom is -0.314 e. The van der Waals surface area contributed by atoms with Gasteiger partial charge in [0.1, 0.15) is 0 Å². The molecule has 0 saturated heterocycles. The van der Waals surface area contributed by atoms with Crippen molar-refractivity contribution in [3.05, 3.63) is 34.9 Å². The summed E-state index contributed by atoms with van der Waals surface area (Å²) in [6, 6.07) is 7.32. The normalized spacial score (nSPS) is 18.4. The molecule has 2 rings (SSSR count). The van der Waals surface area contributed by atoms with Gasteiger partial charge in [0.05, 0.1) is 0 Å². The molecule has 0 aliphatic heterocycles. The van der Waals surface area contributed by atoms with Crippen LogP contribution >= 0.6 is 0 Å². The van der Waals surface area contributed by atoms with E-state index in [1.54, 1.807) is 5.56 Å². The maximum Gasteiger partial charge on any atom is 0.00134 e. The summed E-state index contributed by atoms with van der Waals surface area (Å²) < 4.78 is 0. The van der Waals surface area contributed by atoms with Crippen LogP contribution in [0.1, 0.15) is 62.6 Å². The van der Waals surface area contributed by atoms with Crippen molar-refractivity contribution in [1.82, 2.24) is 5.32 Å². The molecule has 1 N–H and O–H groups in total. The van der Waals surface area contributed by atoms with Crippen LogP contribution in [0, 0.1) is 19.3 Å². The smallest absolute Gasteiger partial charge is 0.00134 e. The number of hydrogen-bond donors (Lipinski definition) is 1. The Hall–Kier alpha value is -0.820. The van der Waals surface area contributed by atoms with Gasteiger partial charge in [0, 0.05) is 12.6 Å². The minimum absolute atomic E-state index is 0.486. The van der Waals surface area contributed by atoms with E-state index >= 15 is 0 Å². The molecular formula is C19H31N. The standard InChI is InChI=1S/C19H31N/c1-15(2)20-14-19(11-6-5-7-12-19)13-18-16(3)9-8-10-17(18)4/h8-10,15,20H,5-7,11-14H2,1-4H3. The van der Waals surface area contributed by atoms with Crippen molar-refractivity contribution in [3.8, 4) is 0 Å². The quantitative estimate of drug-likeness (QED) is 0.813. The first kappa shape index (κ1) is 15.6. The SMILES string of the molecule is Cc1cccc(C)c1CC1(CNC(C)C)CCCCC1. The fraction of sp³-hybridized carbons (Fsp3) is 0.684. The third-order valence-corrected chi connectivity index (χ3v) is 5.00. The lowest BCUT2D eigenvalue weighted by Crippen LogP contribution is -2.40. The van der Waals surface area contributed by atoms with Crippen molar-refractivity contribution in [2.45, 2.75) is 72.3 Å². The highest BCUT2D eigenvalue weighted by atomic mass is 14.9. The molecule has 0 heterocycles. The molecule has 1 aliphatic carbocycles. The molecule has 0 bridgehead atoms. The highest BCUT2D eigenvalue weighted by Crippen LogP contribution is 2.40. The first-order chi connectivity index (χ1) is 9.52. The molecule has 0 amide bonds. The summed E-state index contributed by atoms with van der Waals surface area (Å²) in [5.74, 6) is 0. The van der Waals surface area contributed by atoms with Gasteiger partial charge in [-0.25, -0.2) is 0 Å². The zero-order chi connectivity index (χ0) is 14.6.